The molecule has 96 valence electrons. The first-order chi connectivity index (χ1) is 8.47. The molecule has 1 aromatic carbocycles. The molecular weight excluding hydrogens is 248 g/mol. The molecule has 0 spiro atoms. The zero-order chi connectivity index (χ0) is 13.7. The van der Waals surface area contributed by atoms with Gasteiger partial charge in [-0.05, 0) is 12.1 Å². The molecule has 0 bridgehead atoms. The Balaban J connectivity index is 3.05. The highest BCUT2D eigenvalue weighted by atomic mass is 19.2. The smallest absolute Gasteiger partial charge is 0.412 e. The van der Waals surface area contributed by atoms with Crippen LogP contribution in [0.25, 0.3) is 0 Å². The van der Waals surface area contributed by atoms with Gasteiger partial charge in [0, 0.05) is 0 Å². The molecule has 1 aromatic rings. The van der Waals surface area contributed by atoms with Gasteiger partial charge < -0.3 is 9.84 Å². The highest BCUT2D eigenvalue weighted by molar-refractivity contribution is 5.98. The van der Waals surface area contributed by atoms with Crippen LogP contribution < -0.4 is 5.32 Å². The van der Waals surface area contributed by atoms with Crippen LogP contribution in [0.5, 0.6) is 0 Å². The second-order valence-corrected chi connectivity index (χ2v) is 3.10. The third-order valence-corrected chi connectivity index (χ3v) is 1.88. The van der Waals surface area contributed by atoms with Crippen LogP contribution in [-0.4, -0.2) is 23.8 Å². The van der Waals surface area contributed by atoms with E-state index in [1.54, 1.807) is 0 Å². The maximum Gasteiger partial charge on any atom is 0.412 e. The fourth-order valence-electron chi connectivity index (χ4n) is 1.12. The molecule has 2 N–H and O–H groups in total. The molecule has 0 unspecified atom stereocenters. The quantitative estimate of drug-likeness (QED) is 0.812. The number of hydrogen-bond acceptors (Lipinski definition) is 3. The SMILES string of the molecule is C=CCOC(=O)Nc1c(C(=O)O)ccc(F)c1F. The van der Waals surface area contributed by atoms with E-state index in [-0.39, 0.29) is 6.61 Å². The van der Waals surface area contributed by atoms with E-state index in [1.165, 1.54) is 6.08 Å². The Morgan fingerprint density at radius 3 is 2.67 bits per heavy atom. The molecule has 0 aliphatic carbocycles. The van der Waals surface area contributed by atoms with Crippen molar-refractivity contribution in [2.75, 3.05) is 11.9 Å². The van der Waals surface area contributed by atoms with E-state index in [4.69, 9.17) is 5.11 Å². The molecule has 5 nitrogen and oxygen atoms in total. The van der Waals surface area contributed by atoms with Crippen LogP contribution >= 0.6 is 0 Å². The average molecular weight is 257 g/mol. The minimum absolute atomic E-state index is 0.148. The number of ether oxygens (including phenoxy) is 1. The first-order valence-corrected chi connectivity index (χ1v) is 4.73. The molecule has 7 heteroatoms. The molecule has 0 heterocycles. The van der Waals surface area contributed by atoms with Gasteiger partial charge in [0.2, 0.25) is 0 Å². The van der Waals surface area contributed by atoms with Gasteiger partial charge in [0.25, 0.3) is 0 Å². The number of carboxylic acids is 1. The van der Waals surface area contributed by atoms with Gasteiger partial charge >= 0.3 is 12.1 Å². The number of anilines is 1. The summed E-state index contributed by atoms with van der Waals surface area (Å²) in [6.07, 6.45) is 0.154. The number of carbonyl (C=O) groups is 2. The number of aromatic carboxylic acids is 1. The first-order valence-electron chi connectivity index (χ1n) is 4.73. The highest BCUT2D eigenvalue weighted by Gasteiger charge is 2.20. The highest BCUT2D eigenvalue weighted by Crippen LogP contribution is 2.22. The van der Waals surface area contributed by atoms with Gasteiger partial charge in [0.05, 0.1) is 11.3 Å². The van der Waals surface area contributed by atoms with Gasteiger partial charge in [0.1, 0.15) is 6.61 Å². The summed E-state index contributed by atoms with van der Waals surface area (Å²) in [4.78, 5) is 21.9. The number of amides is 1. The lowest BCUT2D eigenvalue weighted by Crippen LogP contribution is -2.18. The molecule has 0 atom stereocenters. The Hall–Kier alpha value is -2.44. The molecule has 0 fully saturated rings. The van der Waals surface area contributed by atoms with Crippen LogP contribution in [0, 0.1) is 11.6 Å². The Bertz CT molecular complexity index is 502. The summed E-state index contributed by atoms with van der Waals surface area (Å²) in [5.74, 6) is -4.25. The lowest BCUT2D eigenvalue weighted by atomic mass is 10.1. The topological polar surface area (TPSA) is 75.6 Å². The third-order valence-electron chi connectivity index (χ3n) is 1.88. The first kappa shape index (κ1) is 13.6. The van der Waals surface area contributed by atoms with Gasteiger partial charge in [0.15, 0.2) is 11.6 Å². The fraction of sp³-hybridized carbons (Fsp3) is 0.0909. The van der Waals surface area contributed by atoms with Gasteiger partial charge in [-0.2, -0.15) is 0 Å². The van der Waals surface area contributed by atoms with Crippen molar-refractivity contribution in [1.29, 1.82) is 0 Å². The van der Waals surface area contributed by atoms with Crippen molar-refractivity contribution in [2.45, 2.75) is 0 Å². The summed E-state index contributed by atoms with van der Waals surface area (Å²) in [7, 11) is 0. The van der Waals surface area contributed by atoms with Crippen molar-refractivity contribution in [3.05, 3.63) is 42.0 Å². The van der Waals surface area contributed by atoms with Gasteiger partial charge in [-0.15, -0.1) is 0 Å². The number of rotatable bonds is 4. The second kappa shape index (κ2) is 5.76. The number of carboxylic acid groups (broad SMARTS) is 1. The summed E-state index contributed by atoms with van der Waals surface area (Å²) in [6.45, 7) is 3.14. The fourth-order valence-corrected chi connectivity index (χ4v) is 1.12. The minimum atomic E-state index is -1.51. The van der Waals surface area contributed by atoms with E-state index in [9.17, 15) is 18.4 Å². The monoisotopic (exact) mass is 257 g/mol. The Morgan fingerprint density at radius 1 is 1.44 bits per heavy atom. The van der Waals surface area contributed by atoms with E-state index in [0.29, 0.717) is 6.07 Å². The zero-order valence-electron chi connectivity index (χ0n) is 9.07. The maximum absolute atomic E-state index is 13.4. The standard InChI is InChI=1S/C11H9F2NO4/c1-2-5-18-11(17)14-9-6(10(15)16)3-4-7(12)8(9)13/h2-4H,1,5H2,(H,14,17)(H,15,16). The molecule has 0 radical (unpaired) electrons. The van der Waals surface area contributed by atoms with Gasteiger partial charge in [-0.25, -0.2) is 18.4 Å². The lowest BCUT2D eigenvalue weighted by molar-refractivity contribution is 0.0697. The van der Waals surface area contributed by atoms with E-state index in [2.05, 4.69) is 11.3 Å². The van der Waals surface area contributed by atoms with Crippen LogP contribution in [-0.2, 0) is 4.74 Å². The van der Waals surface area contributed by atoms with Crippen molar-refractivity contribution in [1.82, 2.24) is 0 Å². The minimum Gasteiger partial charge on any atom is -0.478 e. The van der Waals surface area contributed by atoms with Crippen LogP contribution in [0.1, 0.15) is 10.4 Å². The summed E-state index contributed by atoms with van der Waals surface area (Å²) in [5.41, 5.74) is -1.36. The number of benzene rings is 1. The molecule has 0 saturated heterocycles. The van der Waals surface area contributed by atoms with Crippen LogP contribution in [0.4, 0.5) is 19.3 Å². The van der Waals surface area contributed by atoms with Crippen molar-refractivity contribution in [3.8, 4) is 0 Å². The van der Waals surface area contributed by atoms with Crippen LogP contribution in [0.3, 0.4) is 0 Å². The van der Waals surface area contributed by atoms with E-state index < -0.39 is 34.9 Å². The van der Waals surface area contributed by atoms with Crippen molar-refractivity contribution in [2.24, 2.45) is 0 Å². The molecule has 0 aliphatic heterocycles. The predicted molar refractivity (Wildman–Crippen MR) is 58.5 cm³/mol. The average Bonchev–Trinajstić information content (AvgIpc) is 2.32. The Morgan fingerprint density at radius 2 is 2.11 bits per heavy atom. The van der Waals surface area contributed by atoms with Gasteiger partial charge in [-0.3, -0.25) is 5.32 Å². The molecule has 18 heavy (non-hydrogen) atoms. The predicted octanol–water partition coefficient (Wildman–Crippen LogP) is 2.40. The van der Waals surface area contributed by atoms with Crippen molar-refractivity contribution < 1.29 is 28.2 Å². The number of halogens is 2. The number of nitrogens with one attached hydrogen (secondary N) is 1. The Kier molecular flexibility index (Phi) is 4.36. The van der Waals surface area contributed by atoms with E-state index in [1.807, 2.05) is 5.32 Å². The molecule has 1 rings (SSSR count). The number of carbonyl (C=O) groups excluding carboxylic acids is 1. The summed E-state index contributed by atoms with van der Waals surface area (Å²) >= 11 is 0. The molecule has 0 aromatic heterocycles. The number of hydrogen-bond donors (Lipinski definition) is 2. The summed E-state index contributed by atoms with van der Waals surface area (Å²) in [5, 5.41) is 10.6. The second-order valence-electron chi connectivity index (χ2n) is 3.10. The summed E-state index contributed by atoms with van der Waals surface area (Å²) < 4.78 is 30.8. The van der Waals surface area contributed by atoms with Crippen LogP contribution in [0.2, 0.25) is 0 Å². The van der Waals surface area contributed by atoms with E-state index >= 15 is 0 Å². The van der Waals surface area contributed by atoms with Crippen molar-refractivity contribution in [3.63, 3.8) is 0 Å². The van der Waals surface area contributed by atoms with Crippen LogP contribution in [0.15, 0.2) is 24.8 Å². The zero-order valence-corrected chi connectivity index (χ0v) is 9.07. The largest absolute Gasteiger partial charge is 0.478 e. The van der Waals surface area contributed by atoms with E-state index in [0.717, 1.165) is 6.07 Å². The molecule has 0 saturated carbocycles. The molecular formula is C11H9F2NO4. The molecule has 0 aliphatic rings. The Labute approximate surface area is 101 Å². The molecule has 1 amide bonds. The maximum atomic E-state index is 13.4. The van der Waals surface area contributed by atoms with Crippen molar-refractivity contribution >= 4 is 17.7 Å². The van der Waals surface area contributed by atoms with Gasteiger partial charge in [-0.1, -0.05) is 12.7 Å². The third kappa shape index (κ3) is 3.03. The normalized spacial score (nSPS) is 9.67. The summed E-state index contributed by atoms with van der Waals surface area (Å²) in [6, 6.07) is 1.49. The lowest BCUT2D eigenvalue weighted by Gasteiger charge is -2.09.